The number of ether oxygens (including phenoxy) is 1. The molecule has 2 rings (SSSR count). The Morgan fingerprint density at radius 2 is 1.90 bits per heavy atom. The van der Waals surface area contributed by atoms with E-state index in [0.717, 1.165) is 5.56 Å². The van der Waals surface area contributed by atoms with Crippen LogP contribution in [0.1, 0.15) is 16.7 Å². The molecule has 1 aromatic carbocycles. The Kier molecular flexibility index (Phi) is 4.08. The molecule has 0 amide bonds. The Morgan fingerprint density at radius 1 is 1.25 bits per heavy atom. The minimum atomic E-state index is -0.159. The number of nitrogens with two attached hydrogens (primary N) is 1. The zero-order valence-corrected chi connectivity index (χ0v) is 11.8. The first-order valence-corrected chi connectivity index (χ1v) is 6.31. The fourth-order valence-electron chi connectivity index (χ4n) is 2.03. The summed E-state index contributed by atoms with van der Waals surface area (Å²) >= 11 is 0. The van der Waals surface area contributed by atoms with Crippen molar-refractivity contribution in [3.63, 3.8) is 0 Å². The third-order valence-electron chi connectivity index (χ3n) is 3.07. The molecule has 0 fully saturated rings. The Labute approximate surface area is 117 Å². The Morgan fingerprint density at radius 3 is 2.50 bits per heavy atom. The van der Waals surface area contributed by atoms with E-state index in [-0.39, 0.29) is 5.82 Å². The molecule has 106 valence electrons. The molecule has 0 unspecified atom stereocenters. The summed E-state index contributed by atoms with van der Waals surface area (Å²) in [6, 6.07) is 7.05. The van der Waals surface area contributed by atoms with Crippen LogP contribution in [-0.2, 0) is 6.54 Å². The number of aromatic nitrogens is 1. The Hall–Kier alpha value is -2.30. The van der Waals surface area contributed by atoms with Crippen LogP contribution in [0.4, 0.5) is 15.9 Å². The number of nitrogen functional groups attached to an aromatic ring is 1. The first kappa shape index (κ1) is 14.1. The van der Waals surface area contributed by atoms with Crippen molar-refractivity contribution in [3.8, 4) is 5.88 Å². The van der Waals surface area contributed by atoms with Crippen molar-refractivity contribution in [2.45, 2.75) is 20.4 Å². The van der Waals surface area contributed by atoms with Gasteiger partial charge in [0.2, 0.25) is 5.88 Å². The highest BCUT2D eigenvalue weighted by Crippen LogP contribution is 2.21. The number of aryl methyl sites for hydroxylation is 2. The molecule has 2 aromatic rings. The molecular formula is C15H18FN3O. The smallest absolute Gasteiger partial charge is 0.215 e. The maximum Gasteiger partial charge on any atom is 0.215 e. The van der Waals surface area contributed by atoms with Crippen molar-refractivity contribution in [2.75, 3.05) is 18.2 Å². The molecule has 0 saturated carbocycles. The second kappa shape index (κ2) is 5.77. The maximum absolute atomic E-state index is 13.6. The number of rotatable bonds is 4. The zero-order valence-electron chi connectivity index (χ0n) is 11.8. The van der Waals surface area contributed by atoms with Crippen molar-refractivity contribution >= 4 is 11.5 Å². The van der Waals surface area contributed by atoms with E-state index in [4.69, 9.17) is 10.5 Å². The highest BCUT2D eigenvalue weighted by molar-refractivity contribution is 5.62. The number of methoxy groups -OCH3 is 1. The summed E-state index contributed by atoms with van der Waals surface area (Å²) in [7, 11) is 1.55. The van der Waals surface area contributed by atoms with E-state index in [1.54, 1.807) is 33.1 Å². The standard InChI is InChI=1S/C15H18FN3O/c1-9-6-11(7-10(2)14(9)16)8-18-15-12(17)4-5-13(19-15)20-3/h4-7H,8,17H2,1-3H3,(H,18,19). The number of nitrogens with one attached hydrogen (secondary N) is 1. The normalized spacial score (nSPS) is 10.4. The van der Waals surface area contributed by atoms with E-state index in [2.05, 4.69) is 10.3 Å². The summed E-state index contributed by atoms with van der Waals surface area (Å²) in [5, 5.41) is 3.14. The lowest BCUT2D eigenvalue weighted by atomic mass is 10.1. The van der Waals surface area contributed by atoms with Gasteiger partial charge in [-0.3, -0.25) is 0 Å². The maximum atomic E-state index is 13.6. The molecule has 3 N–H and O–H groups in total. The van der Waals surface area contributed by atoms with Crippen LogP contribution in [0.2, 0.25) is 0 Å². The number of halogens is 1. The molecule has 0 aliphatic carbocycles. The zero-order chi connectivity index (χ0) is 14.7. The summed E-state index contributed by atoms with van der Waals surface area (Å²) in [5.74, 6) is 0.893. The number of hydrogen-bond acceptors (Lipinski definition) is 4. The fraction of sp³-hybridized carbons (Fsp3) is 0.267. The molecule has 0 saturated heterocycles. The molecule has 20 heavy (non-hydrogen) atoms. The first-order chi connectivity index (χ1) is 9.51. The molecule has 0 spiro atoms. The van der Waals surface area contributed by atoms with Crippen molar-refractivity contribution in [2.24, 2.45) is 0 Å². The SMILES string of the molecule is COc1ccc(N)c(NCc2cc(C)c(F)c(C)c2)n1. The topological polar surface area (TPSA) is 60.2 Å². The van der Waals surface area contributed by atoms with Crippen LogP contribution in [0.5, 0.6) is 5.88 Å². The van der Waals surface area contributed by atoms with Gasteiger partial charge in [0.1, 0.15) is 5.82 Å². The molecule has 1 heterocycles. The van der Waals surface area contributed by atoms with Gasteiger partial charge in [-0.2, -0.15) is 4.98 Å². The second-order valence-electron chi connectivity index (χ2n) is 4.69. The first-order valence-electron chi connectivity index (χ1n) is 6.31. The number of pyridine rings is 1. The van der Waals surface area contributed by atoms with Crippen LogP contribution >= 0.6 is 0 Å². The van der Waals surface area contributed by atoms with Gasteiger partial charge in [-0.05, 0) is 36.6 Å². The van der Waals surface area contributed by atoms with Crippen LogP contribution in [0.25, 0.3) is 0 Å². The minimum absolute atomic E-state index is 0.159. The number of benzene rings is 1. The van der Waals surface area contributed by atoms with Gasteiger partial charge in [-0.25, -0.2) is 4.39 Å². The van der Waals surface area contributed by atoms with E-state index in [1.807, 2.05) is 12.1 Å². The minimum Gasteiger partial charge on any atom is -0.481 e. The molecule has 0 aliphatic heterocycles. The molecule has 1 aromatic heterocycles. The predicted molar refractivity (Wildman–Crippen MR) is 78.4 cm³/mol. The van der Waals surface area contributed by atoms with E-state index in [0.29, 0.717) is 35.1 Å². The van der Waals surface area contributed by atoms with E-state index < -0.39 is 0 Å². The molecular weight excluding hydrogens is 257 g/mol. The second-order valence-corrected chi connectivity index (χ2v) is 4.69. The van der Waals surface area contributed by atoms with Crippen molar-refractivity contribution in [1.29, 1.82) is 0 Å². The lowest BCUT2D eigenvalue weighted by Gasteiger charge is -2.11. The van der Waals surface area contributed by atoms with Crippen molar-refractivity contribution < 1.29 is 9.13 Å². The van der Waals surface area contributed by atoms with Crippen LogP contribution in [0, 0.1) is 19.7 Å². The highest BCUT2D eigenvalue weighted by atomic mass is 19.1. The Bertz CT molecular complexity index is 606. The fourth-order valence-corrected chi connectivity index (χ4v) is 2.03. The van der Waals surface area contributed by atoms with Gasteiger partial charge in [0.25, 0.3) is 0 Å². The molecule has 0 radical (unpaired) electrons. The third-order valence-corrected chi connectivity index (χ3v) is 3.07. The van der Waals surface area contributed by atoms with E-state index in [9.17, 15) is 4.39 Å². The van der Waals surface area contributed by atoms with Gasteiger partial charge in [0.15, 0.2) is 5.82 Å². The molecule has 0 bridgehead atoms. The quantitative estimate of drug-likeness (QED) is 0.900. The lowest BCUT2D eigenvalue weighted by molar-refractivity contribution is 0.398. The summed E-state index contributed by atoms with van der Waals surface area (Å²) in [6.45, 7) is 4.03. The predicted octanol–water partition coefficient (Wildman–Crippen LogP) is 3.04. The van der Waals surface area contributed by atoms with Gasteiger partial charge in [0, 0.05) is 12.6 Å². The molecule has 4 nitrogen and oxygen atoms in total. The Balaban J connectivity index is 2.16. The van der Waals surface area contributed by atoms with Gasteiger partial charge >= 0.3 is 0 Å². The van der Waals surface area contributed by atoms with Crippen molar-refractivity contribution in [1.82, 2.24) is 4.98 Å². The van der Waals surface area contributed by atoms with Crippen LogP contribution in [0.15, 0.2) is 24.3 Å². The molecule has 0 aliphatic rings. The number of anilines is 2. The van der Waals surface area contributed by atoms with Gasteiger partial charge in [-0.15, -0.1) is 0 Å². The summed E-state index contributed by atoms with van der Waals surface area (Å²) in [6.07, 6.45) is 0. The van der Waals surface area contributed by atoms with Gasteiger partial charge in [-0.1, -0.05) is 12.1 Å². The average molecular weight is 275 g/mol. The monoisotopic (exact) mass is 275 g/mol. The molecule has 0 atom stereocenters. The van der Waals surface area contributed by atoms with Crippen LogP contribution in [0.3, 0.4) is 0 Å². The van der Waals surface area contributed by atoms with Crippen molar-refractivity contribution in [3.05, 3.63) is 46.8 Å². The van der Waals surface area contributed by atoms with Crippen LogP contribution < -0.4 is 15.8 Å². The summed E-state index contributed by atoms with van der Waals surface area (Å²) in [5.41, 5.74) is 8.64. The molecule has 5 heteroatoms. The lowest BCUT2D eigenvalue weighted by Crippen LogP contribution is -2.06. The third kappa shape index (κ3) is 2.99. The van der Waals surface area contributed by atoms with E-state index in [1.165, 1.54) is 0 Å². The van der Waals surface area contributed by atoms with Gasteiger partial charge < -0.3 is 15.8 Å². The average Bonchev–Trinajstić information content (AvgIpc) is 2.43. The number of hydrogen-bond donors (Lipinski definition) is 2. The highest BCUT2D eigenvalue weighted by Gasteiger charge is 2.06. The summed E-state index contributed by atoms with van der Waals surface area (Å²) < 4.78 is 18.6. The van der Waals surface area contributed by atoms with Crippen LogP contribution in [-0.4, -0.2) is 12.1 Å². The largest absolute Gasteiger partial charge is 0.481 e. The van der Waals surface area contributed by atoms with E-state index >= 15 is 0 Å². The number of nitrogens with zero attached hydrogens (tertiary/aromatic N) is 1. The summed E-state index contributed by atoms with van der Waals surface area (Å²) in [4.78, 5) is 4.24. The van der Waals surface area contributed by atoms with Gasteiger partial charge in [0.05, 0.1) is 12.8 Å².